The first-order chi connectivity index (χ1) is 15.3. The molecule has 1 N–H and O–H groups in total. The summed E-state index contributed by atoms with van der Waals surface area (Å²) in [5.74, 6) is -2.42. The molecule has 1 heterocycles. The Morgan fingerprint density at radius 1 is 1.12 bits per heavy atom. The molecule has 0 aliphatic carbocycles. The molecule has 0 spiro atoms. The third-order valence-corrected chi connectivity index (χ3v) is 6.58. The molecule has 9 heteroatoms. The second-order valence-electron chi connectivity index (χ2n) is 7.37. The Labute approximate surface area is 199 Å². The summed E-state index contributed by atoms with van der Waals surface area (Å²) in [6.07, 6.45) is 1.62. The van der Waals surface area contributed by atoms with Gasteiger partial charge in [0.1, 0.15) is 6.04 Å². The maximum atomic E-state index is 12.8. The molecule has 7 nitrogen and oxygen atoms in total. The summed E-state index contributed by atoms with van der Waals surface area (Å²) >= 11 is 9.48. The Kier molecular flexibility index (Phi) is 7.69. The van der Waals surface area contributed by atoms with Crippen molar-refractivity contribution in [2.45, 2.75) is 39.2 Å². The van der Waals surface area contributed by atoms with Gasteiger partial charge in [0, 0.05) is 10.2 Å². The molecule has 1 aliphatic heterocycles. The van der Waals surface area contributed by atoms with Gasteiger partial charge < -0.3 is 10.1 Å². The standard InChI is InChI=1S/C23H22BrClN2O5/c1-3-4-9-18(27-21(29)14-7-5-6-8-15(14)22(27)30)23(31)32-12-19(28)26-17-11-10-16(24)20(25)13(17)2/h5-8,10-11,18H,3-4,9,12H2,1-2H3,(H,26,28)/t18-/m0/s1. The zero-order chi connectivity index (χ0) is 23.4. The van der Waals surface area contributed by atoms with Crippen LogP contribution in [0.25, 0.3) is 0 Å². The lowest BCUT2D eigenvalue weighted by Crippen LogP contribution is -2.46. The predicted molar refractivity (Wildman–Crippen MR) is 124 cm³/mol. The van der Waals surface area contributed by atoms with Crippen molar-refractivity contribution in [1.82, 2.24) is 4.90 Å². The van der Waals surface area contributed by atoms with E-state index in [2.05, 4.69) is 21.2 Å². The summed E-state index contributed by atoms with van der Waals surface area (Å²) in [7, 11) is 0. The molecule has 32 heavy (non-hydrogen) atoms. The summed E-state index contributed by atoms with van der Waals surface area (Å²) in [5.41, 5.74) is 1.66. The van der Waals surface area contributed by atoms with Gasteiger partial charge >= 0.3 is 5.97 Å². The normalized spacial score (nSPS) is 13.7. The number of anilines is 1. The zero-order valence-electron chi connectivity index (χ0n) is 17.6. The molecule has 0 bridgehead atoms. The van der Waals surface area contributed by atoms with Gasteiger partial charge in [0.25, 0.3) is 17.7 Å². The largest absolute Gasteiger partial charge is 0.454 e. The molecular formula is C23H22BrClN2O5. The van der Waals surface area contributed by atoms with Crippen LogP contribution in [-0.4, -0.2) is 41.2 Å². The third-order valence-electron chi connectivity index (χ3n) is 5.20. The van der Waals surface area contributed by atoms with E-state index in [-0.39, 0.29) is 17.5 Å². The van der Waals surface area contributed by atoms with Crippen LogP contribution in [0.1, 0.15) is 52.5 Å². The molecule has 0 saturated carbocycles. The van der Waals surface area contributed by atoms with Crippen LogP contribution in [0.2, 0.25) is 5.02 Å². The highest BCUT2D eigenvalue weighted by Gasteiger charge is 2.43. The highest BCUT2D eigenvalue weighted by atomic mass is 79.9. The van der Waals surface area contributed by atoms with Gasteiger partial charge in [-0.3, -0.25) is 19.3 Å². The summed E-state index contributed by atoms with van der Waals surface area (Å²) < 4.78 is 5.89. The maximum absolute atomic E-state index is 12.8. The zero-order valence-corrected chi connectivity index (χ0v) is 20.0. The molecular weight excluding hydrogens is 500 g/mol. The number of nitrogens with zero attached hydrogens (tertiary/aromatic N) is 1. The molecule has 0 saturated heterocycles. The van der Waals surface area contributed by atoms with Crippen LogP contribution in [0.15, 0.2) is 40.9 Å². The smallest absolute Gasteiger partial charge is 0.329 e. The first-order valence-electron chi connectivity index (χ1n) is 10.1. The number of imide groups is 1. The van der Waals surface area contributed by atoms with Crippen molar-refractivity contribution in [3.05, 3.63) is 62.6 Å². The fraction of sp³-hybridized carbons (Fsp3) is 0.304. The molecule has 1 atom stereocenters. The molecule has 0 aromatic heterocycles. The first-order valence-corrected chi connectivity index (χ1v) is 11.3. The number of carbonyl (C=O) groups is 4. The number of amides is 3. The molecule has 3 rings (SSSR count). The minimum absolute atomic E-state index is 0.254. The number of rotatable bonds is 8. The Bertz CT molecular complexity index is 1050. The van der Waals surface area contributed by atoms with Gasteiger partial charge in [-0.2, -0.15) is 0 Å². The number of fused-ring (bicyclic) bond motifs is 1. The molecule has 3 amide bonds. The second kappa shape index (κ2) is 10.3. The Balaban J connectivity index is 1.69. The van der Waals surface area contributed by atoms with Crippen LogP contribution in [0.5, 0.6) is 0 Å². The number of nitrogens with one attached hydrogen (secondary N) is 1. The van der Waals surface area contributed by atoms with Gasteiger partial charge in [0.15, 0.2) is 6.61 Å². The Morgan fingerprint density at radius 3 is 2.34 bits per heavy atom. The molecule has 0 unspecified atom stereocenters. The minimum Gasteiger partial charge on any atom is -0.454 e. The lowest BCUT2D eigenvalue weighted by Gasteiger charge is -2.24. The van der Waals surface area contributed by atoms with E-state index in [9.17, 15) is 19.2 Å². The average molecular weight is 522 g/mol. The first kappa shape index (κ1) is 23.9. The maximum Gasteiger partial charge on any atom is 0.329 e. The minimum atomic E-state index is -1.10. The van der Waals surface area contributed by atoms with Gasteiger partial charge in [-0.25, -0.2) is 4.79 Å². The van der Waals surface area contributed by atoms with Gasteiger partial charge in [-0.15, -0.1) is 0 Å². The average Bonchev–Trinajstić information content (AvgIpc) is 3.04. The highest BCUT2D eigenvalue weighted by Crippen LogP contribution is 2.31. The highest BCUT2D eigenvalue weighted by molar-refractivity contribution is 9.10. The van der Waals surface area contributed by atoms with Crippen LogP contribution in [0, 0.1) is 6.92 Å². The number of carbonyl (C=O) groups excluding carboxylic acids is 4. The summed E-state index contributed by atoms with van der Waals surface area (Å²) in [6, 6.07) is 8.70. The van der Waals surface area contributed by atoms with Gasteiger partial charge in [0.05, 0.1) is 16.1 Å². The lowest BCUT2D eigenvalue weighted by atomic mass is 10.1. The van der Waals surface area contributed by atoms with E-state index in [0.29, 0.717) is 27.2 Å². The number of unbranched alkanes of at least 4 members (excludes halogenated alkanes) is 1. The number of esters is 1. The summed E-state index contributed by atoms with van der Waals surface area (Å²) in [4.78, 5) is 51.7. The van der Waals surface area contributed by atoms with Crippen LogP contribution in [0.4, 0.5) is 5.69 Å². The number of ether oxygens (including phenoxy) is 1. The van der Waals surface area contributed by atoms with E-state index in [0.717, 1.165) is 11.3 Å². The van der Waals surface area contributed by atoms with Gasteiger partial charge in [-0.05, 0) is 59.1 Å². The van der Waals surface area contributed by atoms with E-state index in [1.54, 1.807) is 43.3 Å². The van der Waals surface area contributed by atoms with Crippen molar-refractivity contribution < 1.29 is 23.9 Å². The Hall–Kier alpha value is -2.71. The number of benzene rings is 2. The van der Waals surface area contributed by atoms with Crippen LogP contribution in [-0.2, 0) is 14.3 Å². The second-order valence-corrected chi connectivity index (χ2v) is 8.61. The van der Waals surface area contributed by atoms with Crippen LogP contribution in [0.3, 0.4) is 0 Å². The lowest BCUT2D eigenvalue weighted by molar-refractivity contribution is -0.151. The van der Waals surface area contributed by atoms with E-state index >= 15 is 0 Å². The molecule has 168 valence electrons. The van der Waals surface area contributed by atoms with E-state index in [1.165, 1.54) is 0 Å². The predicted octanol–water partition coefficient (Wildman–Crippen LogP) is 4.75. The summed E-state index contributed by atoms with van der Waals surface area (Å²) in [6.45, 7) is 3.12. The van der Waals surface area contributed by atoms with E-state index < -0.39 is 36.3 Å². The Morgan fingerprint density at radius 2 is 1.75 bits per heavy atom. The quantitative estimate of drug-likeness (QED) is 0.400. The fourth-order valence-corrected chi connectivity index (χ4v) is 4.04. The van der Waals surface area contributed by atoms with Crippen molar-refractivity contribution in [1.29, 1.82) is 0 Å². The van der Waals surface area contributed by atoms with Crippen molar-refractivity contribution in [3.63, 3.8) is 0 Å². The fourth-order valence-electron chi connectivity index (χ4n) is 3.45. The third kappa shape index (κ3) is 4.86. The van der Waals surface area contributed by atoms with Crippen LogP contribution < -0.4 is 5.32 Å². The molecule has 1 aliphatic rings. The van der Waals surface area contributed by atoms with Gasteiger partial charge in [0.2, 0.25) is 0 Å². The van der Waals surface area contributed by atoms with E-state index in [1.807, 2.05) is 6.92 Å². The number of hydrogen-bond acceptors (Lipinski definition) is 5. The number of hydrogen-bond donors (Lipinski definition) is 1. The van der Waals surface area contributed by atoms with Crippen molar-refractivity contribution in [2.24, 2.45) is 0 Å². The molecule has 2 aromatic carbocycles. The molecule has 2 aromatic rings. The SMILES string of the molecule is CCCC[C@@H](C(=O)OCC(=O)Nc1ccc(Br)c(Cl)c1C)N1C(=O)c2ccccc2C1=O. The number of halogens is 2. The topological polar surface area (TPSA) is 92.8 Å². The summed E-state index contributed by atoms with van der Waals surface area (Å²) in [5, 5.41) is 3.11. The molecule has 0 radical (unpaired) electrons. The van der Waals surface area contributed by atoms with Crippen LogP contribution >= 0.6 is 27.5 Å². The van der Waals surface area contributed by atoms with Crippen molar-refractivity contribution in [3.8, 4) is 0 Å². The molecule has 0 fully saturated rings. The van der Waals surface area contributed by atoms with Gasteiger partial charge in [-0.1, -0.05) is 43.5 Å². The monoisotopic (exact) mass is 520 g/mol. The van der Waals surface area contributed by atoms with E-state index in [4.69, 9.17) is 16.3 Å². The van der Waals surface area contributed by atoms with Crippen molar-refractivity contribution >= 4 is 56.9 Å². The van der Waals surface area contributed by atoms with Crippen molar-refractivity contribution in [2.75, 3.05) is 11.9 Å².